The van der Waals surface area contributed by atoms with Crippen molar-refractivity contribution in [2.24, 2.45) is 5.92 Å². The summed E-state index contributed by atoms with van der Waals surface area (Å²) in [5, 5.41) is 0. The Morgan fingerprint density at radius 2 is 2.00 bits per heavy atom. The quantitative estimate of drug-likeness (QED) is 0.789. The van der Waals surface area contributed by atoms with Gasteiger partial charge in [0.1, 0.15) is 11.5 Å². The minimum absolute atomic E-state index is 0.312. The first-order valence-corrected chi connectivity index (χ1v) is 6.90. The number of carbonyl (C=O) groups excluding carboxylic acids is 1. The van der Waals surface area contributed by atoms with Crippen molar-refractivity contribution in [2.75, 3.05) is 6.61 Å². The van der Waals surface area contributed by atoms with Crippen molar-refractivity contribution in [2.45, 2.75) is 46.0 Å². The molecule has 1 aliphatic carbocycles. The first kappa shape index (κ1) is 13.1. The van der Waals surface area contributed by atoms with Crippen LogP contribution in [0.3, 0.4) is 0 Å². The molecular weight excluding hydrogens is 224 g/mol. The lowest BCUT2D eigenvalue weighted by molar-refractivity contribution is -0.123. The molecule has 0 aromatic heterocycles. The second kappa shape index (κ2) is 6.03. The van der Waals surface area contributed by atoms with Gasteiger partial charge in [-0.15, -0.1) is 0 Å². The van der Waals surface area contributed by atoms with Gasteiger partial charge in [-0.3, -0.25) is 4.79 Å². The molecule has 98 valence electrons. The first-order valence-electron chi connectivity index (χ1n) is 6.90. The minimum atomic E-state index is 0.312. The number of Topliss-reactive ketones (excluding diaryl/α,β-unsaturated/α-hetero) is 1. The van der Waals surface area contributed by atoms with E-state index in [2.05, 4.69) is 19.9 Å². The van der Waals surface area contributed by atoms with Gasteiger partial charge in [0, 0.05) is 12.3 Å². The number of hydrogen-bond donors (Lipinski definition) is 0. The van der Waals surface area contributed by atoms with E-state index in [1.165, 1.54) is 24.0 Å². The molecule has 2 rings (SSSR count). The van der Waals surface area contributed by atoms with E-state index in [-0.39, 0.29) is 0 Å². The van der Waals surface area contributed by atoms with Gasteiger partial charge in [0.05, 0.1) is 6.61 Å². The Bertz CT molecular complexity index is 417. The Morgan fingerprint density at radius 1 is 1.28 bits per heavy atom. The van der Waals surface area contributed by atoms with E-state index in [4.69, 9.17) is 4.74 Å². The Labute approximate surface area is 109 Å². The Morgan fingerprint density at radius 3 is 2.72 bits per heavy atom. The fourth-order valence-corrected chi connectivity index (χ4v) is 2.59. The van der Waals surface area contributed by atoms with E-state index in [9.17, 15) is 4.79 Å². The summed E-state index contributed by atoms with van der Waals surface area (Å²) < 4.78 is 5.73. The van der Waals surface area contributed by atoms with Gasteiger partial charge in [-0.1, -0.05) is 25.0 Å². The summed E-state index contributed by atoms with van der Waals surface area (Å²) >= 11 is 0. The predicted molar refractivity (Wildman–Crippen MR) is 73.0 cm³/mol. The summed E-state index contributed by atoms with van der Waals surface area (Å²) in [6.45, 7) is 4.65. The first-order chi connectivity index (χ1) is 8.68. The lowest BCUT2D eigenvalue weighted by Crippen LogP contribution is -2.14. The maximum Gasteiger partial charge on any atom is 0.139 e. The molecule has 0 unspecified atom stereocenters. The van der Waals surface area contributed by atoms with Gasteiger partial charge in [0.15, 0.2) is 0 Å². The average molecular weight is 246 g/mol. The maximum absolute atomic E-state index is 11.9. The molecule has 0 aliphatic heterocycles. The third-order valence-corrected chi connectivity index (χ3v) is 3.97. The molecule has 0 heterocycles. The Balaban J connectivity index is 1.81. The molecule has 18 heavy (non-hydrogen) atoms. The molecule has 1 fully saturated rings. The summed E-state index contributed by atoms with van der Waals surface area (Å²) in [5.74, 6) is 1.61. The summed E-state index contributed by atoms with van der Waals surface area (Å²) in [5.41, 5.74) is 2.40. The molecular formula is C16H22O2. The highest BCUT2D eigenvalue weighted by molar-refractivity contribution is 5.81. The van der Waals surface area contributed by atoms with E-state index in [0.29, 0.717) is 24.7 Å². The number of carbonyl (C=O) groups is 1. The van der Waals surface area contributed by atoms with Crippen LogP contribution in [0.2, 0.25) is 0 Å². The highest BCUT2D eigenvalue weighted by Gasteiger charge is 2.22. The Kier molecular flexibility index (Phi) is 4.40. The number of aryl methyl sites for hydroxylation is 1. The van der Waals surface area contributed by atoms with E-state index < -0.39 is 0 Å². The summed E-state index contributed by atoms with van der Waals surface area (Å²) in [6.07, 6.45) is 5.16. The van der Waals surface area contributed by atoms with Crippen molar-refractivity contribution in [1.82, 2.24) is 0 Å². The number of ether oxygens (including phenoxy) is 1. The van der Waals surface area contributed by atoms with E-state index in [1.54, 1.807) is 0 Å². The molecule has 0 spiro atoms. The molecule has 0 radical (unpaired) electrons. The fraction of sp³-hybridized carbons (Fsp3) is 0.562. The van der Waals surface area contributed by atoms with Crippen LogP contribution >= 0.6 is 0 Å². The molecule has 1 aromatic rings. The maximum atomic E-state index is 11.9. The van der Waals surface area contributed by atoms with Crippen LogP contribution in [0.25, 0.3) is 0 Å². The second-order valence-corrected chi connectivity index (χ2v) is 5.24. The topological polar surface area (TPSA) is 26.3 Å². The number of benzene rings is 1. The van der Waals surface area contributed by atoms with Crippen LogP contribution in [0.4, 0.5) is 0 Å². The number of ketones is 1. The van der Waals surface area contributed by atoms with Gasteiger partial charge in [-0.05, 0) is 43.9 Å². The molecule has 0 saturated heterocycles. The van der Waals surface area contributed by atoms with Crippen LogP contribution < -0.4 is 4.74 Å². The van der Waals surface area contributed by atoms with Crippen molar-refractivity contribution in [3.63, 3.8) is 0 Å². The SMILES string of the molecule is Cc1cccc(OCCC(=O)C2CCCC2)c1C. The lowest BCUT2D eigenvalue weighted by atomic mass is 10.0. The fourth-order valence-electron chi connectivity index (χ4n) is 2.59. The third kappa shape index (κ3) is 3.12. The van der Waals surface area contributed by atoms with Gasteiger partial charge >= 0.3 is 0 Å². The second-order valence-electron chi connectivity index (χ2n) is 5.24. The zero-order valence-corrected chi connectivity index (χ0v) is 11.4. The van der Waals surface area contributed by atoms with Crippen LogP contribution in [0.1, 0.15) is 43.2 Å². The molecule has 1 aliphatic rings. The molecule has 2 heteroatoms. The van der Waals surface area contributed by atoms with Crippen LogP contribution in [0.15, 0.2) is 18.2 Å². The molecule has 2 nitrogen and oxygen atoms in total. The van der Waals surface area contributed by atoms with E-state index in [0.717, 1.165) is 18.6 Å². The molecule has 1 aromatic carbocycles. The van der Waals surface area contributed by atoms with Crippen molar-refractivity contribution < 1.29 is 9.53 Å². The third-order valence-electron chi connectivity index (χ3n) is 3.97. The molecule has 0 N–H and O–H groups in total. The largest absolute Gasteiger partial charge is 0.493 e. The average Bonchev–Trinajstić information content (AvgIpc) is 2.88. The van der Waals surface area contributed by atoms with E-state index >= 15 is 0 Å². The molecule has 0 atom stereocenters. The highest BCUT2D eigenvalue weighted by Crippen LogP contribution is 2.26. The van der Waals surface area contributed by atoms with Gasteiger partial charge in [-0.25, -0.2) is 0 Å². The predicted octanol–water partition coefficient (Wildman–Crippen LogP) is 3.83. The van der Waals surface area contributed by atoms with Crippen LogP contribution in [-0.4, -0.2) is 12.4 Å². The van der Waals surface area contributed by atoms with Gasteiger partial charge in [-0.2, -0.15) is 0 Å². The van der Waals surface area contributed by atoms with Gasteiger partial charge in [0.2, 0.25) is 0 Å². The van der Waals surface area contributed by atoms with Gasteiger partial charge in [0.25, 0.3) is 0 Å². The minimum Gasteiger partial charge on any atom is -0.493 e. The summed E-state index contributed by atoms with van der Waals surface area (Å²) in [6, 6.07) is 6.05. The monoisotopic (exact) mass is 246 g/mol. The molecule has 1 saturated carbocycles. The molecule has 0 amide bonds. The summed E-state index contributed by atoms with van der Waals surface area (Å²) in [7, 11) is 0. The molecule has 0 bridgehead atoms. The van der Waals surface area contributed by atoms with Crippen molar-refractivity contribution in [3.05, 3.63) is 29.3 Å². The Hall–Kier alpha value is -1.31. The van der Waals surface area contributed by atoms with Crippen molar-refractivity contribution >= 4 is 5.78 Å². The van der Waals surface area contributed by atoms with Gasteiger partial charge < -0.3 is 4.74 Å². The van der Waals surface area contributed by atoms with Crippen LogP contribution in [0, 0.1) is 19.8 Å². The van der Waals surface area contributed by atoms with Crippen LogP contribution in [0.5, 0.6) is 5.75 Å². The van der Waals surface area contributed by atoms with Crippen LogP contribution in [-0.2, 0) is 4.79 Å². The van der Waals surface area contributed by atoms with Crippen molar-refractivity contribution in [3.8, 4) is 5.75 Å². The highest BCUT2D eigenvalue weighted by atomic mass is 16.5. The smallest absolute Gasteiger partial charge is 0.139 e. The van der Waals surface area contributed by atoms with E-state index in [1.807, 2.05) is 12.1 Å². The standard InChI is InChI=1S/C16H22O2/c1-12-6-5-9-16(13(12)2)18-11-10-15(17)14-7-3-4-8-14/h5-6,9,14H,3-4,7-8,10-11H2,1-2H3. The lowest BCUT2D eigenvalue weighted by Gasteiger charge is -2.12. The normalized spacial score (nSPS) is 15.9. The summed E-state index contributed by atoms with van der Waals surface area (Å²) in [4.78, 5) is 11.9. The van der Waals surface area contributed by atoms with Crippen molar-refractivity contribution in [1.29, 1.82) is 0 Å². The number of rotatable bonds is 5. The zero-order chi connectivity index (χ0) is 13.0. The number of hydrogen-bond acceptors (Lipinski definition) is 2. The zero-order valence-electron chi connectivity index (χ0n) is 11.4.